The number of amides is 1. The van der Waals surface area contributed by atoms with Gasteiger partial charge in [-0.3, -0.25) is 4.79 Å². The third kappa shape index (κ3) is 4.84. The van der Waals surface area contributed by atoms with E-state index >= 15 is 0 Å². The van der Waals surface area contributed by atoms with Crippen LogP contribution < -0.4 is 5.32 Å². The van der Waals surface area contributed by atoms with Gasteiger partial charge < -0.3 is 10.2 Å². The lowest BCUT2D eigenvalue weighted by molar-refractivity contribution is -0.131. The number of sulfonamides is 1. The molecule has 0 unspecified atom stereocenters. The Bertz CT molecular complexity index is 741. The van der Waals surface area contributed by atoms with Gasteiger partial charge in [0.05, 0.1) is 11.4 Å². The fraction of sp³-hybridized carbons (Fsp3) is 0.632. The van der Waals surface area contributed by atoms with Crippen molar-refractivity contribution in [2.24, 2.45) is 0 Å². The highest BCUT2D eigenvalue weighted by Crippen LogP contribution is 2.24. The second kappa shape index (κ2) is 8.97. The van der Waals surface area contributed by atoms with Gasteiger partial charge in [-0.25, -0.2) is 8.42 Å². The van der Waals surface area contributed by atoms with Crippen LogP contribution >= 0.6 is 0 Å². The van der Waals surface area contributed by atoms with Crippen molar-refractivity contribution < 1.29 is 13.2 Å². The van der Waals surface area contributed by atoms with Gasteiger partial charge in [-0.15, -0.1) is 0 Å². The first-order valence-electron chi connectivity index (χ1n) is 9.34. The molecular weight excluding hydrogens is 350 g/mol. The first-order chi connectivity index (χ1) is 12.3. The number of hydrogen-bond donors (Lipinski definition) is 1. The molecule has 1 aliphatic rings. The van der Waals surface area contributed by atoms with Crippen LogP contribution in [0.4, 0.5) is 0 Å². The van der Waals surface area contributed by atoms with Gasteiger partial charge in [-0.2, -0.15) is 4.31 Å². The van der Waals surface area contributed by atoms with Gasteiger partial charge in [0.1, 0.15) is 0 Å². The van der Waals surface area contributed by atoms with Crippen LogP contribution in [0.5, 0.6) is 0 Å². The number of rotatable bonds is 7. The largest absolute Gasteiger partial charge is 0.339 e. The molecule has 0 atom stereocenters. The van der Waals surface area contributed by atoms with E-state index < -0.39 is 10.0 Å². The molecule has 1 N–H and O–H groups in total. The van der Waals surface area contributed by atoms with E-state index in [-0.39, 0.29) is 12.5 Å². The minimum absolute atomic E-state index is 0.0886. The molecule has 1 heterocycles. The van der Waals surface area contributed by atoms with Crippen LogP contribution in [0.1, 0.15) is 36.5 Å². The first kappa shape index (κ1) is 20.9. The van der Waals surface area contributed by atoms with Crippen LogP contribution in [0.25, 0.3) is 0 Å². The molecule has 2 rings (SSSR count). The Morgan fingerprint density at radius 1 is 1.12 bits per heavy atom. The number of benzene rings is 1. The number of hydrogen-bond acceptors (Lipinski definition) is 4. The predicted octanol–water partition coefficient (Wildman–Crippen LogP) is 1.83. The lowest BCUT2D eigenvalue weighted by atomic mass is 10.1. The molecule has 0 spiro atoms. The standard InChI is InChI=1S/C19H31N3O3S/c1-5-6-9-22(14-19(23)21-10-7-20-8-11-21)26(24,25)18-13-16(3)15(2)12-17(18)4/h12-13,20H,5-11,14H2,1-4H3. The molecule has 0 aromatic heterocycles. The summed E-state index contributed by atoms with van der Waals surface area (Å²) in [4.78, 5) is 14.7. The quantitative estimate of drug-likeness (QED) is 0.782. The van der Waals surface area contributed by atoms with Crippen molar-refractivity contribution in [3.05, 3.63) is 28.8 Å². The van der Waals surface area contributed by atoms with Crippen LogP contribution in [0.2, 0.25) is 0 Å². The molecule has 26 heavy (non-hydrogen) atoms. The number of unbranched alkanes of at least 4 members (excludes halogenated alkanes) is 1. The van der Waals surface area contributed by atoms with Crippen LogP contribution in [0.15, 0.2) is 17.0 Å². The zero-order valence-electron chi connectivity index (χ0n) is 16.3. The minimum atomic E-state index is -3.71. The topological polar surface area (TPSA) is 69.7 Å². The van der Waals surface area contributed by atoms with Crippen LogP contribution in [0, 0.1) is 20.8 Å². The van der Waals surface area contributed by atoms with E-state index in [1.54, 1.807) is 11.0 Å². The fourth-order valence-electron chi connectivity index (χ4n) is 3.13. The van der Waals surface area contributed by atoms with E-state index in [2.05, 4.69) is 5.32 Å². The Morgan fingerprint density at radius 3 is 2.35 bits per heavy atom. The molecule has 0 aliphatic carbocycles. The van der Waals surface area contributed by atoms with E-state index in [1.807, 2.05) is 33.8 Å². The first-order valence-corrected chi connectivity index (χ1v) is 10.8. The lowest BCUT2D eigenvalue weighted by Gasteiger charge is -2.30. The second-order valence-corrected chi connectivity index (χ2v) is 8.93. The molecule has 1 amide bonds. The number of nitrogens with zero attached hydrogens (tertiary/aromatic N) is 2. The molecule has 1 aromatic rings. The predicted molar refractivity (Wildman–Crippen MR) is 104 cm³/mol. The zero-order chi connectivity index (χ0) is 19.3. The molecule has 0 bridgehead atoms. The van der Waals surface area contributed by atoms with Gasteiger partial charge in [-0.05, 0) is 49.9 Å². The highest BCUT2D eigenvalue weighted by molar-refractivity contribution is 7.89. The smallest absolute Gasteiger partial charge is 0.243 e. The summed E-state index contributed by atoms with van der Waals surface area (Å²) in [6.07, 6.45) is 1.61. The summed E-state index contributed by atoms with van der Waals surface area (Å²) < 4.78 is 27.9. The van der Waals surface area contributed by atoms with Crippen molar-refractivity contribution >= 4 is 15.9 Å². The second-order valence-electron chi connectivity index (χ2n) is 7.02. The van der Waals surface area contributed by atoms with Crippen molar-refractivity contribution in [2.45, 2.75) is 45.4 Å². The number of carbonyl (C=O) groups excluding carboxylic acids is 1. The molecule has 1 saturated heterocycles. The van der Waals surface area contributed by atoms with E-state index in [0.717, 1.165) is 42.6 Å². The Morgan fingerprint density at radius 2 is 1.73 bits per heavy atom. The summed E-state index contributed by atoms with van der Waals surface area (Å²) >= 11 is 0. The van der Waals surface area contributed by atoms with Gasteiger partial charge in [0.25, 0.3) is 0 Å². The monoisotopic (exact) mass is 381 g/mol. The minimum Gasteiger partial charge on any atom is -0.339 e. The summed E-state index contributed by atoms with van der Waals surface area (Å²) in [6, 6.07) is 3.63. The fourth-order valence-corrected chi connectivity index (χ4v) is 4.85. The van der Waals surface area contributed by atoms with Crippen LogP contribution in [-0.2, 0) is 14.8 Å². The maximum absolute atomic E-state index is 13.3. The molecule has 0 saturated carbocycles. The van der Waals surface area contributed by atoms with Crippen molar-refractivity contribution in [1.82, 2.24) is 14.5 Å². The Hall–Kier alpha value is -1.44. The van der Waals surface area contributed by atoms with Crippen molar-refractivity contribution in [3.8, 4) is 0 Å². The molecule has 1 fully saturated rings. The number of piperazine rings is 1. The molecule has 1 aromatic carbocycles. The third-order valence-electron chi connectivity index (χ3n) is 4.95. The normalized spacial score (nSPS) is 15.5. The molecule has 1 aliphatic heterocycles. The molecule has 7 heteroatoms. The highest BCUT2D eigenvalue weighted by Gasteiger charge is 2.30. The average Bonchev–Trinajstić information content (AvgIpc) is 2.61. The Kier molecular flexibility index (Phi) is 7.20. The summed E-state index contributed by atoms with van der Waals surface area (Å²) in [5.74, 6) is -0.118. The van der Waals surface area contributed by atoms with E-state index in [0.29, 0.717) is 24.5 Å². The molecule has 146 valence electrons. The lowest BCUT2D eigenvalue weighted by Crippen LogP contribution is -2.50. The highest BCUT2D eigenvalue weighted by atomic mass is 32.2. The molecule has 0 radical (unpaired) electrons. The third-order valence-corrected chi connectivity index (χ3v) is 6.94. The van der Waals surface area contributed by atoms with Gasteiger partial charge in [-0.1, -0.05) is 19.4 Å². The molecule has 6 nitrogen and oxygen atoms in total. The Labute approximate surface area is 157 Å². The maximum Gasteiger partial charge on any atom is 0.243 e. The van der Waals surface area contributed by atoms with Gasteiger partial charge in [0.2, 0.25) is 15.9 Å². The Balaban J connectivity index is 2.29. The van der Waals surface area contributed by atoms with Crippen molar-refractivity contribution in [3.63, 3.8) is 0 Å². The number of carbonyl (C=O) groups is 1. The summed E-state index contributed by atoms with van der Waals surface area (Å²) in [6.45, 7) is 10.8. The molecular formula is C19H31N3O3S. The van der Waals surface area contributed by atoms with Crippen molar-refractivity contribution in [2.75, 3.05) is 39.3 Å². The number of nitrogens with one attached hydrogen (secondary N) is 1. The van der Waals surface area contributed by atoms with Gasteiger partial charge >= 0.3 is 0 Å². The van der Waals surface area contributed by atoms with E-state index in [1.165, 1.54) is 4.31 Å². The van der Waals surface area contributed by atoms with E-state index in [4.69, 9.17) is 0 Å². The van der Waals surface area contributed by atoms with E-state index in [9.17, 15) is 13.2 Å². The van der Waals surface area contributed by atoms with Crippen LogP contribution in [0.3, 0.4) is 0 Å². The SMILES string of the molecule is CCCCN(CC(=O)N1CCNCC1)S(=O)(=O)c1cc(C)c(C)cc1C. The summed E-state index contributed by atoms with van der Waals surface area (Å²) in [5, 5.41) is 3.21. The van der Waals surface area contributed by atoms with Gasteiger partial charge in [0, 0.05) is 32.7 Å². The van der Waals surface area contributed by atoms with Crippen LogP contribution in [-0.4, -0.2) is 62.8 Å². The zero-order valence-corrected chi connectivity index (χ0v) is 17.2. The summed E-state index contributed by atoms with van der Waals surface area (Å²) in [7, 11) is -3.71. The average molecular weight is 382 g/mol. The van der Waals surface area contributed by atoms with Gasteiger partial charge in [0.15, 0.2) is 0 Å². The maximum atomic E-state index is 13.3. The summed E-state index contributed by atoms with van der Waals surface area (Å²) in [5.41, 5.74) is 2.74. The van der Waals surface area contributed by atoms with Crippen molar-refractivity contribution in [1.29, 1.82) is 0 Å². The number of aryl methyl sites for hydroxylation is 3.